The zero-order valence-electron chi connectivity index (χ0n) is 15.2. The highest BCUT2D eigenvalue weighted by molar-refractivity contribution is 5.86. The maximum atomic E-state index is 2.32. The van der Waals surface area contributed by atoms with Crippen LogP contribution in [0.5, 0.6) is 0 Å². The van der Waals surface area contributed by atoms with Gasteiger partial charge in [0.2, 0.25) is 0 Å². The van der Waals surface area contributed by atoms with Crippen molar-refractivity contribution >= 4 is 0 Å². The summed E-state index contributed by atoms with van der Waals surface area (Å²) in [7, 11) is 0. The molecule has 0 fully saturated rings. The summed E-state index contributed by atoms with van der Waals surface area (Å²) < 4.78 is 0. The third-order valence-electron chi connectivity index (χ3n) is 4.92. The van der Waals surface area contributed by atoms with Gasteiger partial charge >= 0.3 is 0 Å². The number of hydrogen-bond acceptors (Lipinski definition) is 0. The van der Waals surface area contributed by atoms with Crippen molar-refractivity contribution in [3.63, 3.8) is 0 Å². The Bertz CT molecular complexity index is 1030. The van der Waals surface area contributed by atoms with Gasteiger partial charge in [0, 0.05) is 0 Å². The topological polar surface area (TPSA) is 0 Å². The molecule has 4 aromatic rings. The summed E-state index contributed by atoms with van der Waals surface area (Å²) in [6, 6.07) is 34.8. The van der Waals surface area contributed by atoms with Crippen molar-refractivity contribution in [3.05, 3.63) is 108 Å². The molecular weight excluding hydrogens is 336 g/mol. The second-order valence-electron chi connectivity index (χ2n) is 6.81. The predicted octanol–water partition coefficient (Wildman–Crippen LogP) is 8.58. The fourth-order valence-electron chi connectivity index (χ4n) is 3.43. The van der Waals surface area contributed by atoms with Crippen molar-refractivity contribution in [1.29, 1.82) is 0 Å². The van der Waals surface area contributed by atoms with Crippen LogP contribution in [0.4, 0.5) is 0 Å². The molecule has 28 heavy (non-hydrogen) atoms. The fraction of sp³-hybridized carbons (Fsp3) is 0.143. The van der Waals surface area contributed by atoms with E-state index < -0.39 is 0 Å². The van der Waals surface area contributed by atoms with E-state index in [2.05, 4.69) is 111 Å². The van der Waals surface area contributed by atoms with Crippen LogP contribution < -0.4 is 0 Å². The number of hydrogen-bond donors (Lipinski definition) is 0. The number of benzene rings is 4. The Labute approximate surface area is 170 Å². The largest absolute Gasteiger partial charge is 0.0776 e. The van der Waals surface area contributed by atoms with Crippen molar-refractivity contribution in [3.8, 4) is 33.4 Å². The molecule has 0 saturated heterocycles. The highest BCUT2D eigenvalue weighted by Crippen LogP contribution is 2.36. The lowest BCUT2D eigenvalue weighted by Crippen LogP contribution is -1.89. The van der Waals surface area contributed by atoms with E-state index in [0.717, 1.165) is 0 Å². The van der Waals surface area contributed by atoms with Gasteiger partial charge in [-0.15, -0.1) is 0 Å². The quantitative estimate of drug-likeness (QED) is 0.340. The molecule has 0 saturated carbocycles. The zero-order chi connectivity index (χ0) is 17.9. The van der Waals surface area contributed by atoms with E-state index in [9.17, 15) is 0 Å². The standard InChI is InChI=1S/C26H22.2CH4/c1-19-12-15-21(16-13-19)23-17-14-20(2)26(18-23)25-11-7-6-10-24(25)22-8-4-3-5-9-22;;/h3-18H,1-2H3;2*1H4. The second kappa shape index (κ2) is 9.19. The summed E-state index contributed by atoms with van der Waals surface area (Å²) in [5, 5.41) is 0. The molecule has 0 bridgehead atoms. The SMILES string of the molecule is C.C.Cc1ccc(-c2ccc(C)c(-c3ccccc3-c3ccccc3)c2)cc1. The molecule has 0 atom stereocenters. The van der Waals surface area contributed by atoms with Crippen LogP contribution in [0.2, 0.25) is 0 Å². The van der Waals surface area contributed by atoms with Crippen LogP contribution in [-0.4, -0.2) is 0 Å². The van der Waals surface area contributed by atoms with Gasteiger partial charge in [-0.05, 0) is 58.9 Å². The smallest absolute Gasteiger partial charge is 0.0103 e. The van der Waals surface area contributed by atoms with Crippen molar-refractivity contribution in [2.45, 2.75) is 28.7 Å². The summed E-state index contributed by atoms with van der Waals surface area (Å²) in [4.78, 5) is 0. The Hall–Kier alpha value is -3.12. The van der Waals surface area contributed by atoms with Gasteiger partial charge < -0.3 is 0 Å². The molecule has 0 N–H and O–H groups in total. The third-order valence-corrected chi connectivity index (χ3v) is 4.92. The van der Waals surface area contributed by atoms with Gasteiger partial charge in [0.05, 0.1) is 0 Å². The summed E-state index contributed by atoms with van der Waals surface area (Å²) in [6.45, 7) is 4.32. The first-order chi connectivity index (χ1) is 12.7. The Morgan fingerprint density at radius 3 is 1.68 bits per heavy atom. The van der Waals surface area contributed by atoms with E-state index in [1.165, 1.54) is 44.5 Å². The molecule has 4 rings (SSSR count). The zero-order valence-corrected chi connectivity index (χ0v) is 15.2. The Kier molecular flexibility index (Phi) is 6.95. The average Bonchev–Trinajstić information content (AvgIpc) is 2.70. The molecule has 0 heteroatoms. The minimum atomic E-state index is 0. The minimum Gasteiger partial charge on any atom is -0.0776 e. The van der Waals surface area contributed by atoms with Crippen molar-refractivity contribution in [1.82, 2.24) is 0 Å². The predicted molar refractivity (Wildman–Crippen MR) is 126 cm³/mol. The van der Waals surface area contributed by atoms with Crippen LogP contribution in [0, 0.1) is 13.8 Å². The molecule has 0 nitrogen and oxygen atoms in total. The van der Waals surface area contributed by atoms with Crippen LogP contribution in [0.3, 0.4) is 0 Å². The average molecular weight is 367 g/mol. The van der Waals surface area contributed by atoms with Gasteiger partial charge in [0.15, 0.2) is 0 Å². The Morgan fingerprint density at radius 1 is 0.429 bits per heavy atom. The fourth-order valence-corrected chi connectivity index (χ4v) is 3.43. The van der Waals surface area contributed by atoms with Crippen molar-refractivity contribution in [2.75, 3.05) is 0 Å². The van der Waals surface area contributed by atoms with Gasteiger partial charge in [-0.25, -0.2) is 0 Å². The van der Waals surface area contributed by atoms with Gasteiger partial charge in [0.25, 0.3) is 0 Å². The van der Waals surface area contributed by atoms with E-state index in [0.29, 0.717) is 0 Å². The number of aryl methyl sites for hydroxylation is 2. The van der Waals surface area contributed by atoms with E-state index >= 15 is 0 Å². The minimum absolute atomic E-state index is 0. The van der Waals surface area contributed by atoms with Crippen LogP contribution in [0.25, 0.3) is 33.4 Å². The van der Waals surface area contributed by atoms with E-state index in [-0.39, 0.29) is 14.9 Å². The first kappa shape index (κ1) is 21.2. The van der Waals surface area contributed by atoms with Crippen LogP contribution in [0.1, 0.15) is 26.0 Å². The second-order valence-corrected chi connectivity index (χ2v) is 6.81. The lowest BCUT2D eigenvalue weighted by atomic mass is 9.90. The van der Waals surface area contributed by atoms with Crippen LogP contribution in [-0.2, 0) is 0 Å². The van der Waals surface area contributed by atoms with Crippen molar-refractivity contribution < 1.29 is 0 Å². The first-order valence-electron chi connectivity index (χ1n) is 9.05. The Morgan fingerprint density at radius 2 is 1.00 bits per heavy atom. The molecule has 0 radical (unpaired) electrons. The normalized spacial score (nSPS) is 9.93. The molecule has 4 aromatic carbocycles. The Balaban J connectivity index is 0.00000140. The van der Waals surface area contributed by atoms with E-state index in [1.807, 2.05) is 0 Å². The van der Waals surface area contributed by atoms with E-state index in [1.54, 1.807) is 0 Å². The molecule has 142 valence electrons. The molecule has 0 aliphatic heterocycles. The van der Waals surface area contributed by atoms with E-state index in [4.69, 9.17) is 0 Å². The summed E-state index contributed by atoms with van der Waals surface area (Å²) in [6.07, 6.45) is 0. The molecule has 0 aliphatic carbocycles. The lowest BCUT2D eigenvalue weighted by molar-refractivity contribution is 1.44. The highest BCUT2D eigenvalue weighted by atomic mass is 14.1. The summed E-state index contributed by atoms with van der Waals surface area (Å²) in [5.74, 6) is 0. The van der Waals surface area contributed by atoms with Gasteiger partial charge in [-0.3, -0.25) is 0 Å². The lowest BCUT2D eigenvalue weighted by Gasteiger charge is -2.14. The highest BCUT2D eigenvalue weighted by Gasteiger charge is 2.10. The first-order valence-corrected chi connectivity index (χ1v) is 9.05. The van der Waals surface area contributed by atoms with Gasteiger partial charge in [0.1, 0.15) is 0 Å². The molecule has 0 aromatic heterocycles. The monoisotopic (exact) mass is 366 g/mol. The molecular formula is C28H30. The maximum absolute atomic E-state index is 2.32. The maximum Gasteiger partial charge on any atom is -0.0103 e. The molecule has 0 aliphatic rings. The third kappa shape index (κ3) is 4.23. The summed E-state index contributed by atoms with van der Waals surface area (Å²) in [5.41, 5.74) is 10.2. The molecule has 0 heterocycles. The molecule has 0 unspecified atom stereocenters. The van der Waals surface area contributed by atoms with Crippen LogP contribution >= 0.6 is 0 Å². The summed E-state index contributed by atoms with van der Waals surface area (Å²) >= 11 is 0. The van der Waals surface area contributed by atoms with Gasteiger partial charge in [-0.2, -0.15) is 0 Å². The number of rotatable bonds is 3. The molecule has 0 spiro atoms. The van der Waals surface area contributed by atoms with Crippen LogP contribution in [0.15, 0.2) is 97.1 Å². The molecule has 0 amide bonds. The van der Waals surface area contributed by atoms with Gasteiger partial charge in [-0.1, -0.05) is 111 Å². The van der Waals surface area contributed by atoms with Crippen molar-refractivity contribution in [2.24, 2.45) is 0 Å².